The summed E-state index contributed by atoms with van der Waals surface area (Å²) in [7, 11) is 0. The summed E-state index contributed by atoms with van der Waals surface area (Å²) in [6.45, 7) is 4.32. The molecule has 3 rings (SSSR count). The van der Waals surface area contributed by atoms with Crippen LogP contribution >= 0.6 is 23.4 Å². The average molecular weight is 460 g/mol. The predicted molar refractivity (Wildman–Crippen MR) is 123 cm³/mol. The Morgan fingerprint density at radius 3 is 2.55 bits per heavy atom. The second kappa shape index (κ2) is 10.5. The Morgan fingerprint density at radius 2 is 1.90 bits per heavy atom. The number of hydrogen-bond acceptors (Lipinski definition) is 6. The van der Waals surface area contributed by atoms with Gasteiger partial charge in [0.25, 0.3) is 0 Å². The van der Waals surface area contributed by atoms with E-state index in [1.807, 2.05) is 6.92 Å². The Bertz CT molecular complexity index is 1010. The van der Waals surface area contributed by atoms with E-state index >= 15 is 0 Å². The first-order valence-corrected chi connectivity index (χ1v) is 11.1. The van der Waals surface area contributed by atoms with Crippen molar-refractivity contribution < 1.29 is 19.1 Å². The zero-order chi connectivity index (χ0) is 22.4. The van der Waals surface area contributed by atoms with Crippen molar-refractivity contribution in [2.45, 2.75) is 25.5 Å². The Hall–Kier alpha value is -2.84. The molecule has 1 N–H and O–H groups in total. The lowest BCUT2D eigenvalue weighted by atomic mass is 10.2. The highest BCUT2D eigenvalue weighted by Crippen LogP contribution is 2.30. The van der Waals surface area contributed by atoms with E-state index in [2.05, 4.69) is 10.3 Å². The van der Waals surface area contributed by atoms with Crippen LogP contribution in [-0.2, 0) is 14.3 Å². The molecular weight excluding hydrogens is 438 g/mol. The van der Waals surface area contributed by atoms with Crippen LogP contribution in [0.25, 0.3) is 0 Å². The number of halogens is 1. The molecule has 1 saturated heterocycles. The van der Waals surface area contributed by atoms with Crippen molar-refractivity contribution in [3.8, 4) is 0 Å². The van der Waals surface area contributed by atoms with Gasteiger partial charge in [-0.15, -0.1) is 0 Å². The van der Waals surface area contributed by atoms with Gasteiger partial charge in [0.2, 0.25) is 11.8 Å². The van der Waals surface area contributed by atoms with Crippen molar-refractivity contribution in [2.24, 2.45) is 4.99 Å². The number of thioether (sulfide) groups is 1. The fourth-order valence-electron chi connectivity index (χ4n) is 2.93. The van der Waals surface area contributed by atoms with E-state index in [1.54, 1.807) is 60.4 Å². The standard InChI is InChI=1S/C22H22ClN3O4S/c1-3-26-19(27)13-18(20(28)25-17-8-6-5-7-16(17)23)31-22(26)24-15-11-9-14(10-12-15)21(29)30-4-2/h5-12,18H,3-4,13H2,1-2H3,(H,25,28)/t18-/m0/s1. The molecule has 0 radical (unpaired) electrons. The van der Waals surface area contributed by atoms with Crippen molar-refractivity contribution in [2.75, 3.05) is 18.5 Å². The maximum absolute atomic E-state index is 12.8. The zero-order valence-corrected chi connectivity index (χ0v) is 18.7. The Morgan fingerprint density at radius 1 is 1.19 bits per heavy atom. The van der Waals surface area contributed by atoms with Crippen LogP contribution in [0.2, 0.25) is 5.02 Å². The molecule has 0 aliphatic carbocycles. The van der Waals surface area contributed by atoms with E-state index in [4.69, 9.17) is 16.3 Å². The number of aliphatic imine (C=N–C) groups is 1. The molecule has 31 heavy (non-hydrogen) atoms. The van der Waals surface area contributed by atoms with Crippen LogP contribution in [0.4, 0.5) is 11.4 Å². The third-order valence-electron chi connectivity index (χ3n) is 4.48. The largest absolute Gasteiger partial charge is 0.462 e. The number of para-hydroxylation sites is 1. The molecule has 1 atom stereocenters. The van der Waals surface area contributed by atoms with Crippen molar-refractivity contribution in [3.63, 3.8) is 0 Å². The van der Waals surface area contributed by atoms with E-state index in [-0.39, 0.29) is 18.2 Å². The molecule has 162 valence electrons. The second-order valence-corrected chi connectivity index (χ2v) is 8.16. The number of amidine groups is 1. The summed E-state index contributed by atoms with van der Waals surface area (Å²) >= 11 is 7.34. The number of carbonyl (C=O) groups is 3. The number of ether oxygens (including phenoxy) is 1. The fraction of sp³-hybridized carbons (Fsp3) is 0.273. The lowest BCUT2D eigenvalue weighted by Crippen LogP contribution is -2.45. The molecule has 0 aromatic heterocycles. The molecule has 2 aromatic rings. The fourth-order valence-corrected chi connectivity index (χ4v) is 4.27. The highest BCUT2D eigenvalue weighted by molar-refractivity contribution is 8.15. The Labute approximate surface area is 189 Å². The van der Waals surface area contributed by atoms with E-state index in [0.29, 0.717) is 40.3 Å². The molecule has 2 amide bonds. The van der Waals surface area contributed by atoms with Crippen LogP contribution in [0, 0.1) is 0 Å². The van der Waals surface area contributed by atoms with Gasteiger partial charge in [-0.05, 0) is 50.2 Å². The molecule has 0 spiro atoms. The summed E-state index contributed by atoms with van der Waals surface area (Å²) in [6, 6.07) is 13.5. The molecule has 0 unspecified atom stereocenters. The summed E-state index contributed by atoms with van der Waals surface area (Å²) in [5.74, 6) is -0.898. The van der Waals surface area contributed by atoms with Gasteiger partial charge in [0.05, 0.1) is 28.6 Å². The topological polar surface area (TPSA) is 88.1 Å². The van der Waals surface area contributed by atoms with Gasteiger partial charge >= 0.3 is 5.97 Å². The maximum Gasteiger partial charge on any atom is 0.338 e. The van der Waals surface area contributed by atoms with Gasteiger partial charge in [-0.2, -0.15) is 0 Å². The van der Waals surface area contributed by atoms with Gasteiger partial charge in [0, 0.05) is 13.0 Å². The minimum Gasteiger partial charge on any atom is -0.462 e. The quantitative estimate of drug-likeness (QED) is 0.642. The number of amides is 2. The third kappa shape index (κ3) is 5.65. The molecule has 0 bridgehead atoms. The van der Waals surface area contributed by atoms with E-state index in [9.17, 15) is 14.4 Å². The summed E-state index contributed by atoms with van der Waals surface area (Å²) in [5, 5.41) is 3.00. The van der Waals surface area contributed by atoms with E-state index in [0.717, 1.165) is 0 Å². The lowest BCUT2D eigenvalue weighted by molar-refractivity contribution is -0.129. The average Bonchev–Trinajstić information content (AvgIpc) is 2.76. The minimum atomic E-state index is -0.635. The smallest absolute Gasteiger partial charge is 0.338 e. The SMILES string of the molecule is CCOC(=O)c1ccc(N=C2S[C@H](C(=O)Nc3ccccc3Cl)CC(=O)N2CC)cc1. The van der Waals surface area contributed by atoms with Crippen LogP contribution in [0.3, 0.4) is 0 Å². The number of benzene rings is 2. The summed E-state index contributed by atoms with van der Waals surface area (Å²) in [6.07, 6.45) is 0.0651. The van der Waals surface area contributed by atoms with E-state index < -0.39 is 11.2 Å². The highest BCUT2D eigenvalue weighted by atomic mass is 35.5. The summed E-state index contributed by atoms with van der Waals surface area (Å²) < 4.78 is 4.98. The van der Waals surface area contributed by atoms with Gasteiger partial charge in [-0.3, -0.25) is 14.5 Å². The molecule has 1 heterocycles. The molecule has 1 aliphatic rings. The zero-order valence-electron chi connectivity index (χ0n) is 17.1. The number of nitrogens with one attached hydrogen (secondary N) is 1. The van der Waals surface area contributed by atoms with Crippen LogP contribution in [0.15, 0.2) is 53.5 Å². The van der Waals surface area contributed by atoms with Crippen LogP contribution in [-0.4, -0.2) is 46.3 Å². The highest BCUT2D eigenvalue weighted by Gasteiger charge is 2.35. The minimum absolute atomic E-state index is 0.0651. The van der Waals surface area contributed by atoms with Gasteiger partial charge in [0.1, 0.15) is 5.25 Å². The van der Waals surface area contributed by atoms with Crippen LogP contribution in [0.1, 0.15) is 30.6 Å². The molecule has 9 heteroatoms. The molecule has 2 aromatic carbocycles. The monoisotopic (exact) mass is 459 g/mol. The predicted octanol–water partition coefficient (Wildman–Crippen LogP) is 4.50. The number of hydrogen-bond donors (Lipinski definition) is 1. The van der Waals surface area contributed by atoms with Crippen molar-refractivity contribution in [3.05, 3.63) is 59.1 Å². The van der Waals surface area contributed by atoms with Crippen LogP contribution in [0.5, 0.6) is 0 Å². The second-order valence-electron chi connectivity index (χ2n) is 6.58. The first-order chi connectivity index (χ1) is 14.9. The van der Waals surface area contributed by atoms with Crippen molar-refractivity contribution in [1.82, 2.24) is 4.90 Å². The summed E-state index contributed by atoms with van der Waals surface area (Å²) in [5.41, 5.74) is 1.48. The van der Waals surface area contributed by atoms with Gasteiger partial charge < -0.3 is 10.1 Å². The third-order valence-corrected chi connectivity index (χ3v) is 6.00. The molecule has 1 fully saturated rings. The molecule has 0 saturated carbocycles. The summed E-state index contributed by atoms with van der Waals surface area (Å²) in [4.78, 5) is 43.3. The van der Waals surface area contributed by atoms with Gasteiger partial charge in [-0.1, -0.05) is 35.5 Å². The molecular formula is C22H22ClN3O4S. The first kappa shape index (κ1) is 22.8. The van der Waals surface area contributed by atoms with Crippen molar-refractivity contribution in [1.29, 1.82) is 0 Å². The van der Waals surface area contributed by atoms with E-state index in [1.165, 1.54) is 11.8 Å². The lowest BCUT2D eigenvalue weighted by Gasteiger charge is -2.31. The first-order valence-electron chi connectivity index (χ1n) is 9.81. The number of carbonyl (C=O) groups excluding carboxylic acids is 3. The number of rotatable bonds is 6. The normalized spacial score (nSPS) is 17.5. The molecule has 1 aliphatic heterocycles. The molecule has 7 nitrogen and oxygen atoms in total. The van der Waals surface area contributed by atoms with Gasteiger partial charge in [0.15, 0.2) is 5.17 Å². The number of esters is 1. The Balaban J connectivity index is 1.79. The number of nitrogens with zero attached hydrogens (tertiary/aromatic N) is 2. The number of anilines is 1. The van der Waals surface area contributed by atoms with Crippen molar-refractivity contribution >= 4 is 57.7 Å². The van der Waals surface area contributed by atoms with Gasteiger partial charge in [-0.25, -0.2) is 9.79 Å². The maximum atomic E-state index is 12.8. The Kier molecular flexibility index (Phi) is 7.70. The van der Waals surface area contributed by atoms with Crippen LogP contribution < -0.4 is 5.32 Å².